The summed E-state index contributed by atoms with van der Waals surface area (Å²) >= 11 is 5.94. The number of aromatic amines is 1. The van der Waals surface area contributed by atoms with Crippen LogP contribution in [0.5, 0.6) is 0 Å². The standard InChI is InChI=1S/C15H9ClN2O4/c16-9-4-5-11-12(7-9)18(15(22)17-13(11)19)10-3-1-2-8(6-10)14(20)21/h1-7H,(H,20,21)(H,17,19,22). The Bertz CT molecular complexity index is 1020. The third kappa shape index (κ3) is 2.29. The Hall–Kier alpha value is -2.86. The molecule has 0 saturated heterocycles. The van der Waals surface area contributed by atoms with Gasteiger partial charge in [-0.3, -0.25) is 14.3 Å². The highest BCUT2D eigenvalue weighted by atomic mass is 35.5. The molecular formula is C15H9ClN2O4. The number of carboxylic acids is 1. The van der Waals surface area contributed by atoms with Gasteiger partial charge in [-0.2, -0.15) is 0 Å². The quantitative estimate of drug-likeness (QED) is 0.756. The van der Waals surface area contributed by atoms with Gasteiger partial charge in [0.1, 0.15) is 0 Å². The molecule has 2 aromatic carbocycles. The molecule has 3 rings (SSSR count). The van der Waals surface area contributed by atoms with Crippen LogP contribution in [0.1, 0.15) is 10.4 Å². The van der Waals surface area contributed by atoms with E-state index in [0.717, 1.165) is 0 Å². The second-order valence-corrected chi connectivity index (χ2v) is 5.05. The van der Waals surface area contributed by atoms with Gasteiger partial charge in [-0.15, -0.1) is 0 Å². The molecule has 0 fully saturated rings. The van der Waals surface area contributed by atoms with Crippen LogP contribution in [0, 0.1) is 0 Å². The number of H-pyrrole nitrogens is 1. The zero-order valence-electron chi connectivity index (χ0n) is 11.0. The molecule has 0 bridgehead atoms. The molecular weight excluding hydrogens is 308 g/mol. The number of carbonyl (C=O) groups is 1. The molecule has 0 amide bonds. The number of fused-ring (bicyclic) bond motifs is 1. The molecule has 0 saturated carbocycles. The summed E-state index contributed by atoms with van der Waals surface area (Å²) in [6.45, 7) is 0. The largest absolute Gasteiger partial charge is 0.478 e. The fraction of sp³-hybridized carbons (Fsp3) is 0. The van der Waals surface area contributed by atoms with Crippen molar-refractivity contribution >= 4 is 28.5 Å². The highest BCUT2D eigenvalue weighted by Crippen LogP contribution is 2.19. The number of rotatable bonds is 2. The molecule has 0 aliphatic rings. The summed E-state index contributed by atoms with van der Waals surface area (Å²) in [5.74, 6) is -1.11. The van der Waals surface area contributed by atoms with Gasteiger partial charge in [0.2, 0.25) is 0 Å². The van der Waals surface area contributed by atoms with Crippen LogP contribution in [-0.4, -0.2) is 20.6 Å². The Morgan fingerprint density at radius 1 is 1.14 bits per heavy atom. The first-order chi connectivity index (χ1) is 10.5. The van der Waals surface area contributed by atoms with E-state index < -0.39 is 17.2 Å². The van der Waals surface area contributed by atoms with E-state index in [9.17, 15) is 14.4 Å². The van der Waals surface area contributed by atoms with E-state index in [0.29, 0.717) is 16.2 Å². The zero-order valence-corrected chi connectivity index (χ0v) is 11.8. The van der Waals surface area contributed by atoms with Gasteiger partial charge >= 0.3 is 11.7 Å². The molecule has 0 spiro atoms. The molecule has 1 heterocycles. The van der Waals surface area contributed by atoms with Crippen molar-refractivity contribution in [3.63, 3.8) is 0 Å². The molecule has 6 nitrogen and oxygen atoms in total. The number of hydrogen-bond acceptors (Lipinski definition) is 3. The smallest absolute Gasteiger partial charge is 0.335 e. The maximum absolute atomic E-state index is 12.2. The molecule has 0 aliphatic heterocycles. The van der Waals surface area contributed by atoms with Gasteiger partial charge in [0, 0.05) is 5.02 Å². The monoisotopic (exact) mass is 316 g/mol. The van der Waals surface area contributed by atoms with Crippen LogP contribution < -0.4 is 11.2 Å². The average Bonchev–Trinajstić information content (AvgIpc) is 2.47. The number of aromatic carboxylic acids is 1. The predicted molar refractivity (Wildman–Crippen MR) is 82.1 cm³/mol. The van der Waals surface area contributed by atoms with Gasteiger partial charge in [-0.25, -0.2) is 9.59 Å². The molecule has 0 unspecified atom stereocenters. The van der Waals surface area contributed by atoms with Crippen LogP contribution in [0.25, 0.3) is 16.6 Å². The number of aromatic nitrogens is 2. The third-order valence-corrected chi connectivity index (χ3v) is 3.46. The molecule has 1 aromatic heterocycles. The van der Waals surface area contributed by atoms with Crippen LogP contribution in [0.4, 0.5) is 0 Å². The fourth-order valence-corrected chi connectivity index (χ4v) is 2.41. The van der Waals surface area contributed by atoms with Crippen LogP contribution >= 0.6 is 11.6 Å². The second kappa shape index (κ2) is 5.16. The summed E-state index contributed by atoms with van der Waals surface area (Å²) in [4.78, 5) is 37.3. The number of nitrogens with one attached hydrogen (secondary N) is 1. The molecule has 7 heteroatoms. The van der Waals surface area contributed by atoms with Crippen LogP contribution in [-0.2, 0) is 0 Å². The van der Waals surface area contributed by atoms with Gasteiger partial charge in [0.05, 0.1) is 22.2 Å². The first kappa shape index (κ1) is 14.1. The summed E-state index contributed by atoms with van der Waals surface area (Å²) in [5, 5.41) is 9.70. The SMILES string of the molecule is O=C(O)c1cccc(-n2c(=O)[nH]c(=O)c3ccc(Cl)cc32)c1. The van der Waals surface area contributed by atoms with E-state index in [4.69, 9.17) is 16.7 Å². The maximum Gasteiger partial charge on any atom is 0.335 e. The Morgan fingerprint density at radius 3 is 2.64 bits per heavy atom. The molecule has 22 heavy (non-hydrogen) atoms. The van der Waals surface area contributed by atoms with E-state index in [-0.39, 0.29) is 10.9 Å². The van der Waals surface area contributed by atoms with Gasteiger partial charge < -0.3 is 5.11 Å². The van der Waals surface area contributed by atoms with E-state index >= 15 is 0 Å². The van der Waals surface area contributed by atoms with Crippen molar-refractivity contribution in [1.82, 2.24) is 9.55 Å². The highest BCUT2D eigenvalue weighted by molar-refractivity contribution is 6.31. The first-order valence-corrected chi connectivity index (χ1v) is 6.63. The van der Waals surface area contributed by atoms with Gasteiger partial charge in [0.25, 0.3) is 5.56 Å². The van der Waals surface area contributed by atoms with Crippen molar-refractivity contribution in [3.05, 3.63) is 73.9 Å². The summed E-state index contributed by atoms with van der Waals surface area (Å²) in [6, 6.07) is 10.4. The zero-order chi connectivity index (χ0) is 15.9. The van der Waals surface area contributed by atoms with E-state index in [1.807, 2.05) is 0 Å². The highest BCUT2D eigenvalue weighted by Gasteiger charge is 2.11. The van der Waals surface area contributed by atoms with E-state index in [2.05, 4.69) is 4.98 Å². The van der Waals surface area contributed by atoms with Crippen LogP contribution in [0.15, 0.2) is 52.1 Å². The van der Waals surface area contributed by atoms with Gasteiger partial charge in [-0.05, 0) is 36.4 Å². The fourth-order valence-electron chi connectivity index (χ4n) is 2.25. The van der Waals surface area contributed by atoms with Crippen LogP contribution in [0.2, 0.25) is 5.02 Å². The lowest BCUT2D eigenvalue weighted by Crippen LogP contribution is -2.29. The summed E-state index contributed by atoms with van der Waals surface area (Å²) in [6.07, 6.45) is 0. The topological polar surface area (TPSA) is 92.2 Å². The summed E-state index contributed by atoms with van der Waals surface area (Å²) in [5.41, 5.74) is -0.521. The lowest BCUT2D eigenvalue weighted by Gasteiger charge is -2.10. The summed E-state index contributed by atoms with van der Waals surface area (Å²) < 4.78 is 1.22. The Labute approximate surface area is 128 Å². The van der Waals surface area contributed by atoms with E-state index in [1.54, 1.807) is 12.1 Å². The lowest BCUT2D eigenvalue weighted by atomic mass is 10.2. The molecule has 3 aromatic rings. The van der Waals surface area contributed by atoms with E-state index in [1.165, 1.54) is 34.9 Å². The number of halogens is 1. The number of hydrogen-bond donors (Lipinski definition) is 2. The van der Waals surface area contributed by atoms with Crippen molar-refractivity contribution in [2.45, 2.75) is 0 Å². The molecule has 110 valence electrons. The molecule has 2 N–H and O–H groups in total. The van der Waals surface area contributed by atoms with Crippen molar-refractivity contribution in [2.24, 2.45) is 0 Å². The first-order valence-electron chi connectivity index (χ1n) is 6.26. The minimum atomic E-state index is -1.11. The number of carboxylic acid groups (broad SMARTS) is 1. The Balaban J connectivity index is 2.43. The van der Waals surface area contributed by atoms with Crippen LogP contribution in [0.3, 0.4) is 0 Å². The van der Waals surface area contributed by atoms with Crippen molar-refractivity contribution < 1.29 is 9.90 Å². The van der Waals surface area contributed by atoms with Gasteiger partial charge in [0.15, 0.2) is 0 Å². The second-order valence-electron chi connectivity index (χ2n) is 4.61. The van der Waals surface area contributed by atoms with Crippen molar-refractivity contribution in [3.8, 4) is 5.69 Å². The van der Waals surface area contributed by atoms with Crippen molar-refractivity contribution in [2.75, 3.05) is 0 Å². The minimum absolute atomic E-state index is 0.0331. The molecule has 0 radical (unpaired) electrons. The molecule has 0 atom stereocenters. The number of nitrogens with zero attached hydrogens (tertiary/aromatic N) is 1. The normalized spacial score (nSPS) is 10.8. The number of benzene rings is 2. The third-order valence-electron chi connectivity index (χ3n) is 3.22. The summed E-state index contributed by atoms with van der Waals surface area (Å²) in [7, 11) is 0. The average molecular weight is 317 g/mol. The minimum Gasteiger partial charge on any atom is -0.478 e. The Morgan fingerprint density at radius 2 is 1.91 bits per heavy atom. The maximum atomic E-state index is 12.2. The lowest BCUT2D eigenvalue weighted by molar-refractivity contribution is 0.0697. The van der Waals surface area contributed by atoms with Gasteiger partial charge in [-0.1, -0.05) is 17.7 Å². The van der Waals surface area contributed by atoms with Crippen molar-refractivity contribution in [1.29, 1.82) is 0 Å². The predicted octanol–water partition coefficient (Wildman–Crippen LogP) is 2.03. The molecule has 0 aliphatic carbocycles. The Kier molecular flexibility index (Phi) is 3.30.